The molecule has 3 aromatic rings. The van der Waals surface area contributed by atoms with Crippen LogP contribution in [0.25, 0.3) is 0 Å². The minimum Gasteiger partial charge on any atom is -0.486 e. The number of imidazole rings is 1. The van der Waals surface area contributed by atoms with Crippen molar-refractivity contribution in [3.8, 4) is 5.75 Å². The highest BCUT2D eigenvalue weighted by Crippen LogP contribution is 2.41. The third kappa shape index (κ3) is 3.76. The van der Waals surface area contributed by atoms with Gasteiger partial charge in [0.05, 0.1) is 5.54 Å². The van der Waals surface area contributed by atoms with Gasteiger partial charge >= 0.3 is 0 Å². The number of benzene rings is 2. The Labute approximate surface area is 169 Å². The maximum atomic E-state index is 12.8. The third-order valence-corrected chi connectivity index (χ3v) is 5.61. The summed E-state index contributed by atoms with van der Waals surface area (Å²) in [5.41, 5.74) is 1.42. The summed E-state index contributed by atoms with van der Waals surface area (Å²) in [5.74, 6) is 1.47. The smallest absolute Gasteiger partial charge is 0.251 e. The molecule has 0 radical (unpaired) electrons. The number of amides is 1. The molecule has 1 N–H and O–H groups in total. The molecule has 28 heavy (non-hydrogen) atoms. The fourth-order valence-corrected chi connectivity index (χ4v) is 3.59. The first-order valence-corrected chi connectivity index (χ1v) is 9.71. The van der Waals surface area contributed by atoms with Crippen LogP contribution >= 0.6 is 11.6 Å². The fraction of sp³-hybridized carbons (Fsp3) is 0.273. The SMILES string of the molecule is Cn1ccnc1COc1ccc(C(=O)NC2(c3ccc(Cl)cc3)CCC2)cc1. The first kappa shape index (κ1) is 18.6. The number of rotatable bonds is 6. The van der Waals surface area contributed by atoms with Crippen molar-refractivity contribution >= 4 is 17.5 Å². The molecule has 1 aromatic heterocycles. The molecular formula is C22H22ClN3O2. The molecule has 0 spiro atoms. The van der Waals surface area contributed by atoms with Gasteiger partial charge in [-0.15, -0.1) is 0 Å². The fourth-order valence-electron chi connectivity index (χ4n) is 3.46. The van der Waals surface area contributed by atoms with Gasteiger partial charge in [0.25, 0.3) is 5.91 Å². The van der Waals surface area contributed by atoms with Crippen molar-refractivity contribution in [3.05, 3.63) is 82.9 Å². The Balaban J connectivity index is 1.41. The summed E-state index contributed by atoms with van der Waals surface area (Å²) in [7, 11) is 1.93. The van der Waals surface area contributed by atoms with Gasteiger partial charge in [0.15, 0.2) is 0 Å². The molecule has 0 unspecified atom stereocenters. The first-order chi connectivity index (χ1) is 13.6. The van der Waals surface area contributed by atoms with Crippen LogP contribution in [0.2, 0.25) is 5.02 Å². The number of hydrogen-bond donors (Lipinski definition) is 1. The molecule has 1 aliphatic rings. The average Bonchev–Trinajstić information content (AvgIpc) is 3.09. The Hall–Kier alpha value is -2.79. The molecule has 5 nitrogen and oxygen atoms in total. The van der Waals surface area contributed by atoms with E-state index in [0.717, 1.165) is 30.7 Å². The topological polar surface area (TPSA) is 56.2 Å². The number of carbonyl (C=O) groups excluding carboxylic acids is 1. The molecular weight excluding hydrogens is 374 g/mol. The van der Waals surface area contributed by atoms with Gasteiger partial charge in [-0.25, -0.2) is 4.98 Å². The van der Waals surface area contributed by atoms with E-state index in [2.05, 4.69) is 10.3 Å². The molecule has 1 saturated carbocycles. The number of hydrogen-bond acceptors (Lipinski definition) is 3. The van der Waals surface area contributed by atoms with E-state index >= 15 is 0 Å². The van der Waals surface area contributed by atoms with E-state index in [0.29, 0.717) is 22.9 Å². The number of aryl methyl sites for hydroxylation is 1. The summed E-state index contributed by atoms with van der Waals surface area (Å²) in [6.07, 6.45) is 6.59. The second kappa shape index (κ2) is 7.68. The van der Waals surface area contributed by atoms with Gasteiger partial charge in [0.1, 0.15) is 18.2 Å². The minimum atomic E-state index is -0.297. The molecule has 0 aliphatic heterocycles. The van der Waals surface area contributed by atoms with Crippen LogP contribution < -0.4 is 10.1 Å². The summed E-state index contributed by atoms with van der Waals surface area (Å²) in [4.78, 5) is 17.0. The quantitative estimate of drug-likeness (QED) is 0.670. The molecule has 1 aliphatic carbocycles. The monoisotopic (exact) mass is 395 g/mol. The van der Waals surface area contributed by atoms with Crippen LogP contribution in [0.1, 0.15) is 41.0 Å². The normalized spacial score (nSPS) is 14.9. The highest BCUT2D eigenvalue weighted by Gasteiger charge is 2.40. The van der Waals surface area contributed by atoms with E-state index in [9.17, 15) is 4.79 Å². The van der Waals surface area contributed by atoms with Gasteiger partial charge in [0, 0.05) is 30.0 Å². The lowest BCUT2D eigenvalue weighted by Crippen LogP contribution is -2.50. The summed E-state index contributed by atoms with van der Waals surface area (Å²) in [6, 6.07) is 14.9. The molecule has 4 rings (SSSR count). The predicted octanol–water partition coefficient (Wildman–Crippen LogP) is 4.46. The number of nitrogens with zero attached hydrogens (tertiary/aromatic N) is 2. The van der Waals surface area contributed by atoms with Gasteiger partial charge in [-0.2, -0.15) is 0 Å². The van der Waals surface area contributed by atoms with Gasteiger partial charge in [-0.05, 0) is 61.2 Å². The van der Waals surface area contributed by atoms with Crippen LogP contribution in [0.4, 0.5) is 0 Å². The maximum absolute atomic E-state index is 12.8. The largest absolute Gasteiger partial charge is 0.486 e. The zero-order chi connectivity index (χ0) is 19.6. The standard InChI is InChI=1S/C22H22ClN3O2/c1-26-14-13-24-20(26)15-28-19-9-3-16(4-10-19)21(27)25-22(11-2-12-22)17-5-7-18(23)8-6-17/h3-10,13-14H,2,11-12,15H2,1H3,(H,25,27). The highest BCUT2D eigenvalue weighted by molar-refractivity contribution is 6.30. The van der Waals surface area contributed by atoms with Gasteiger partial charge in [-0.3, -0.25) is 4.79 Å². The Kier molecular flexibility index (Phi) is 5.09. The molecule has 1 heterocycles. The second-order valence-electron chi connectivity index (χ2n) is 7.16. The lowest BCUT2D eigenvalue weighted by atomic mass is 9.71. The average molecular weight is 396 g/mol. The van der Waals surface area contributed by atoms with E-state index in [1.807, 2.05) is 54.2 Å². The van der Waals surface area contributed by atoms with Crippen LogP contribution in [-0.4, -0.2) is 15.5 Å². The van der Waals surface area contributed by atoms with E-state index in [1.54, 1.807) is 18.3 Å². The molecule has 6 heteroatoms. The Morgan fingerprint density at radius 2 is 1.89 bits per heavy atom. The van der Waals surface area contributed by atoms with Crippen molar-refractivity contribution in [1.82, 2.24) is 14.9 Å². The van der Waals surface area contributed by atoms with E-state index in [4.69, 9.17) is 16.3 Å². The van der Waals surface area contributed by atoms with Gasteiger partial charge in [-0.1, -0.05) is 23.7 Å². The van der Waals surface area contributed by atoms with Crippen molar-refractivity contribution in [2.24, 2.45) is 7.05 Å². The summed E-state index contributed by atoms with van der Waals surface area (Å²) in [6.45, 7) is 0.384. The van der Waals surface area contributed by atoms with Crippen LogP contribution in [0.5, 0.6) is 5.75 Å². The van der Waals surface area contributed by atoms with Crippen molar-refractivity contribution in [2.75, 3.05) is 0 Å². The highest BCUT2D eigenvalue weighted by atomic mass is 35.5. The molecule has 144 valence electrons. The molecule has 1 amide bonds. The van der Waals surface area contributed by atoms with Crippen molar-refractivity contribution in [3.63, 3.8) is 0 Å². The second-order valence-corrected chi connectivity index (χ2v) is 7.60. The Morgan fingerprint density at radius 1 is 1.18 bits per heavy atom. The predicted molar refractivity (Wildman–Crippen MR) is 108 cm³/mol. The molecule has 0 bridgehead atoms. The van der Waals surface area contributed by atoms with Gasteiger partial charge in [0.2, 0.25) is 0 Å². The third-order valence-electron chi connectivity index (χ3n) is 5.36. The molecule has 0 atom stereocenters. The minimum absolute atomic E-state index is 0.0784. The van der Waals surface area contributed by atoms with Crippen molar-refractivity contribution in [2.45, 2.75) is 31.4 Å². The first-order valence-electron chi connectivity index (χ1n) is 9.33. The van der Waals surface area contributed by atoms with Crippen LogP contribution in [0.3, 0.4) is 0 Å². The van der Waals surface area contributed by atoms with E-state index in [-0.39, 0.29) is 11.4 Å². The Bertz CT molecular complexity index is 960. The zero-order valence-electron chi connectivity index (χ0n) is 15.7. The maximum Gasteiger partial charge on any atom is 0.251 e. The molecule has 2 aromatic carbocycles. The zero-order valence-corrected chi connectivity index (χ0v) is 16.4. The summed E-state index contributed by atoms with van der Waals surface area (Å²) in [5, 5.41) is 3.93. The van der Waals surface area contributed by atoms with Crippen molar-refractivity contribution < 1.29 is 9.53 Å². The van der Waals surface area contributed by atoms with Crippen molar-refractivity contribution in [1.29, 1.82) is 0 Å². The van der Waals surface area contributed by atoms with Crippen LogP contribution in [0, 0.1) is 0 Å². The molecule has 1 fully saturated rings. The van der Waals surface area contributed by atoms with E-state index < -0.39 is 0 Å². The summed E-state index contributed by atoms with van der Waals surface area (Å²) < 4.78 is 7.67. The molecule has 0 saturated heterocycles. The Morgan fingerprint density at radius 3 is 2.46 bits per heavy atom. The van der Waals surface area contributed by atoms with Crippen LogP contribution in [0.15, 0.2) is 60.9 Å². The number of nitrogens with one attached hydrogen (secondary N) is 1. The lowest BCUT2D eigenvalue weighted by Gasteiger charge is -2.43. The van der Waals surface area contributed by atoms with Gasteiger partial charge < -0.3 is 14.6 Å². The lowest BCUT2D eigenvalue weighted by molar-refractivity contribution is 0.0823. The number of carbonyl (C=O) groups is 1. The number of halogens is 1. The summed E-state index contributed by atoms with van der Waals surface area (Å²) >= 11 is 6.00. The van der Waals surface area contributed by atoms with E-state index in [1.165, 1.54) is 0 Å². The number of ether oxygens (including phenoxy) is 1. The number of aromatic nitrogens is 2. The van der Waals surface area contributed by atoms with Crippen LogP contribution in [-0.2, 0) is 19.2 Å².